The van der Waals surface area contributed by atoms with Crippen molar-refractivity contribution < 1.29 is 14.3 Å². The number of methoxy groups -OCH3 is 1. The quantitative estimate of drug-likeness (QED) is 0.873. The topological polar surface area (TPSA) is 83.6 Å². The first kappa shape index (κ1) is 17.5. The molecule has 27 heavy (non-hydrogen) atoms. The van der Waals surface area contributed by atoms with Gasteiger partial charge in [0.05, 0.1) is 12.1 Å². The zero-order valence-electron chi connectivity index (χ0n) is 15.4. The molecular weight excluding hydrogens is 344 g/mol. The Bertz CT molecular complexity index is 899. The minimum Gasteiger partial charge on any atom is -0.381 e. The number of aromatic nitrogens is 1. The van der Waals surface area contributed by atoms with Crippen LogP contribution in [-0.2, 0) is 4.74 Å². The summed E-state index contributed by atoms with van der Waals surface area (Å²) in [7, 11) is 1.70. The summed E-state index contributed by atoms with van der Waals surface area (Å²) in [5.74, 6) is 0.534. The van der Waals surface area contributed by atoms with Crippen LogP contribution in [0.15, 0.2) is 36.5 Å². The molecule has 1 saturated heterocycles. The van der Waals surface area contributed by atoms with Crippen LogP contribution in [-0.4, -0.2) is 41.6 Å². The lowest BCUT2D eigenvalue weighted by Gasteiger charge is -2.35. The summed E-state index contributed by atoms with van der Waals surface area (Å²) in [5, 5.41) is 5.66. The first-order chi connectivity index (χ1) is 13.1. The molecule has 140 valence electrons. The number of ether oxygens (including phenoxy) is 1. The van der Waals surface area contributed by atoms with Crippen LogP contribution in [0.4, 0.5) is 16.3 Å². The van der Waals surface area contributed by atoms with Crippen LogP contribution in [0.1, 0.15) is 40.4 Å². The second-order valence-electron chi connectivity index (χ2n) is 6.91. The van der Waals surface area contributed by atoms with Crippen molar-refractivity contribution in [1.82, 2.24) is 9.88 Å². The van der Waals surface area contributed by atoms with E-state index in [0.29, 0.717) is 23.6 Å². The highest BCUT2D eigenvalue weighted by molar-refractivity contribution is 6.05. The van der Waals surface area contributed by atoms with E-state index in [1.54, 1.807) is 19.4 Å². The number of fused-ring (bicyclic) bond motifs is 3. The predicted molar refractivity (Wildman–Crippen MR) is 102 cm³/mol. The number of hydrogen-bond acceptors (Lipinski definition) is 4. The Morgan fingerprint density at radius 3 is 2.89 bits per heavy atom. The van der Waals surface area contributed by atoms with Crippen LogP contribution in [0.5, 0.6) is 0 Å². The Kier molecular flexibility index (Phi) is 4.53. The van der Waals surface area contributed by atoms with Crippen molar-refractivity contribution in [2.45, 2.75) is 31.9 Å². The number of aryl methyl sites for hydroxylation is 1. The first-order valence-corrected chi connectivity index (χ1v) is 9.04. The number of carbonyl (C=O) groups is 2. The van der Waals surface area contributed by atoms with Crippen LogP contribution >= 0.6 is 0 Å². The van der Waals surface area contributed by atoms with Crippen molar-refractivity contribution >= 4 is 23.4 Å². The van der Waals surface area contributed by atoms with Gasteiger partial charge >= 0.3 is 6.03 Å². The molecule has 2 atom stereocenters. The number of piperidine rings is 1. The van der Waals surface area contributed by atoms with Crippen LogP contribution in [0.25, 0.3) is 0 Å². The lowest BCUT2D eigenvalue weighted by molar-refractivity contribution is 0.0172. The van der Waals surface area contributed by atoms with Crippen LogP contribution in [0, 0.1) is 6.92 Å². The fourth-order valence-corrected chi connectivity index (χ4v) is 3.92. The predicted octanol–water partition coefficient (Wildman–Crippen LogP) is 3.34. The van der Waals surface area contributed by atoms with Gasteiger partial charge < -0.3 is 15.0 Å². The van der Waals surface area contributed by atoms with E-state index in [-0.39, 0.29) is 24.1 Å². The number of urea groups is 1. The van der Waals surface area contributed by atoms with Gasteiger partial charge in [0.15, 0.2) is 0 Å². The Morgan fingerprint density at radius 1 is 1.26 bits per heavy atom. The molecule has 0 bridgehead atoms. The number of nitrogens with one attached hydrogen (secondary N) is 2. The summed E-state index contributed by atoms with van der Waals surface area (Å²) in [6.45, 7) is 2.54. The highest BCUT2D eigenvalue weighted by Crippen LogP contribution is 2.44. The molecule has 0 radical (unpaired) electrons. The minimum absolute atomic E-state index is 0.0224. The molecule has 2 aromatic rings. The van der Waals surface area contributed by atoms with E-state index in [1.165, 1.54) is 0 Å². The second kappa shape index (κ2) is 7.00. The molecule has 4 rings (SSSR count). The van der Waals surface area contributed by atoms with Gasteiger partial charge in [0, 0.05) is 36.7 Å². The van der Waals surface area contributed by atoms with E-state index >= 15 is 0 Å². The molecule has 1 aromatic carbocycles. The van der Waals surface area contributed by atoms with E-state index in [0.717, 1.165) is 24.0 Å². The van der Waals surface area contributed by atoms with Gasteiger partial charge in [0.25, 0.3) is 5.91 Å². The number of pyridine rings is 1. The number of carbonyl (C=O) groups excluding carboxylic acids is 2. The molecule has 2 N–H and O–H groups in total. The van der Waals surface area contributed by atoms with Crippen molar-refractivity contribution in [2.24, 2.45) is 0 Å². The second-order valence-corrected chi connectivity index (χ2v) is 6.91. The monoisotopic (exact) mass is 366 g/mol. The zero-order chi connectivity index (χ0) is 19.0. The molecular formula is C20H22N4O3. The molecule has 3 heterocycles. The summed E-state index contributed by atoms with van der Waals surface area (Å²) in [4.78, 5) is 31.3. The highest BCUT2D eigenvalue weighted by Gasteiger charge is 2.42. The highest BCUT2D eigenvalue weighted by atomic mass is 16.5. The standard InChI is InChI=1S/C20H22N4O3/c1-12-5-4-9-21-18(12)23-20(26)22-15-7-3-6-14-17(15)16-11-13(27-2)8-10-24(16)19(14)25/h3-7,9,13,16H,8,10-11H2,1-2H3,(H2,21,22,23,26). The molecule has 2 aliphatic heterocycles. The summed E-state index contributed by atoms with van der Waals surface area (Å²) in [6.07, 6.45) is 3.30. The normalized spacial score (nSPS) is 20.8. The van der Waals surface area contributed by atoms with Gasteiger partial charge in [0.1, 0.15) is 5.82 Å². The zero-order valence-corrected chi connectivity index (χ0v) is 15.4. The molecule has 2 aliphatic rings. The first-order valence-electron chi connectivity index (χ1n) is 9.04. The van der Waals surface area contributed by atoms with Crippen molar-refractivity contribution in [2.75, 3.05) is 24.3 Å². The van der Waals surface area contributed by atoms with Crippen molar-refractivity contribution in [1.29, 1.82) is 0 Å². The molecule has 1 fully saturated rings. The summed E-state index contributed by atoms with van der Waals surface area (Å²) in [6, 6.07) is 8.70. The largest absolute Gasteiger partial charge is 0.381 e. The molecule has 2 unspecified atom stereocenters. The third-order valence-corrected chi connectivity index (χ3v) is 5.31. The Morgan fingerprint density at radius 2 is 2.11 bits per heavy atom. The average molecular weight is 366 g/mol. The number of benzene rings is 1. The maximum Gasteiger partial charge on any atom is 0.324 e. The van der Waals surface area contributed by atoms with E-state index in [4.69, 9.17) is 4.74 Å². The van der Waals surface area contributed by atoms with Gasteiger partial charge in [-0.3, -0.25) is 10.1 Å². The summed E-state index contributed by atoms with van der Waals surface area (Å²) < 4.78 is 5.52. The minimum atomic E-state index is -0.379. The molecule has 1 aromatic heterocycles. The summed E-state index contributed by atoms with van der Waals surface area (Å²) >= 11 is 0. The van der Waals surface area contributed by atoms with Gasteiger partial charge in [-0.05, 0) is 43.5 Å². The number of hydrogen-bond donors (Lipinski definition) is 2. The van der Waals surface area contributed by atoms with Gasteiger partial charge in [-0.2, -0.15) is 0 Å². The SMILES string of the molecule is COC1CCN2C(=O)c3cccc(NC(=O)Nc4ncccc4C)c3C2C1. The van der Waals surface area contributed by atoms with Gasteiger partial charge in [-0.1, -0.05) is 12.1 Å². The van der Waals surface area contributed by atoms with E-state index in [9.17, 15) is 9.59 Å². The van der Waals surface area contributed by atoms with Gasteiger partial charge in [-0.25, -0.2) is 9.78 Å². The van der Waals surface area contributed by atoms with Gasteiger partial charge in [0.2, 0.25) is 0 Å². The molecule has 0 aliphatic carbocycles. The van der Waals surface area contributed by atoms with Crippen molar-refractivity contribution in [3.8, 4) is 0 Å². The van der Waals surface area contributed by atoms with Gasteiger partial charge in [-0.15, -0.1) is 0 Å². The Hall–Kier alpha value is -2.93. The molecule has 0 spiro atoms. The van der Waals surface area contributed by atoms with Crippen molar-refractivity contribution in [3.63, 3.8) is 0 Å². The van der Waals surface area contributed by atoms with E-state index < -0.39 is 0 Å². The third-order valence-electron chi connectivity index (χ3n) is 5.31. The maximum atomic E-state index is 12.7. The molecule has 0 saturated carbocycles. The number of nitrogens with zero attached hydrogens (tertiary/aromatic N) is 2. The lowest BCUT2D eigenvalue weighted by Crippen LogP contribution is -2.38. The third kappa shape index (κ3) is 3.14. The smallest absolute Gasteiger partial charge is 0.324 e. The lowest BCUT2D eigenvalue weighted by atomic mass is 9.94. The number of rotatable bonds is 3. The fourth-order valence-electron chi connectivity index (χ4n) is 3.92. The number of anilines is 2. The average Bonchev–Trinajstić information content (AvgIpc) is 2.96. The van der Waals surface area contributed by atoms with E-state index in [2.05, 4.69) is 15.6 Å². The summed E-state index contributed by atoms with van der Waals surface area (Å²) in [5.41, 5.74) is 3.06. The molecule has 3 amide bonds. The maximum absolute atomic E-state index is 12.7. The fraction of sp³-hybridized carbons (Fsp3) is 0.350. The van der Waals surface area contributed by atoms with Crippen LogP contribution < -0.4 is 10.6 Å². The Balaban J connectivity index is 1.60. The molecule has 7 heteroatoms. The van der Waals surface area contributed by atoms with Crippen molar-refractivity contribution in [3.05, 3.63) is 53.2 Å². The number of amides is 3. The molecule has 7 nitrogen and oxygen atoms in total. The van der Waals surface area contributed by atoms with Crippen LogP contribution in [0.3, 0.4) is 0 Å². The van der Waals surface area contributed by atoms with E-state index in [1.807, 2.05) is 36.1 Å². The van der Waals surface area contributed by atoms with Crippen LogP contribution in [0.2, 0.25) is 0 Å². The Labute approximate surface area is 157 Å².